The zero-order valence-corrected chi connectivity index (χ0v) is 14.4. The highest BCUT2D eigenvalue weighted by Gasteiger charge is 2.05. The Morgan fingerprint density at radius 2 is 2.00 bits per heavy atom. The minimum Gasteiger partial charge on any atom is -0.346 e. The molecule has 114 valence electrons. The van der Waals surface area contributed by atoms with E-state index in [1.807, 2.05) is 49.2 Å². The molecule has 2 aromatic rings. The number of nitrogens with one attached hydrogen (secondary N) is 1. The number of hydrogen-bond acceptors (Lipinski definition) is 1. The van der Waals surface area contributed by atoms with E-state index in [1.165, 1.54) is 5.56 Å². The van der Waals surface area contributed by atoms with Crippen molar-refractivity contribution in [3.05, 3.63) is 58.6 Å². The van der Waals surface area contributed by atoms with Gasteiger partial charge < -0.3 is 10.2 Å². The van der Waals surface area contributed by atoms with Crippen molar-refractivity contribution in [2.75, 3.05) is 17.3 Å². The fourth-order valence-corrected chi connectivity index (χ4v) is 2.36. The maximum Gasteiger partial charge on any atom is 0.201 e. The van der Waals surface area contributed by atoms with Crippen LogP contribution in [0.15, 0.2) is 47.5 Å². The Balaban J connectivity index is 2.02. The molecule has 0 saturated heterocycles. The standard InChI is InChI=1S/C17H18ClN3S/c1-12-5-4-6-15(9-12)21(3)17(22)20-11-19-16-8-7-14(18)10-13(16)2/h4-11H,1-3H3,(H,19,20,22). The lowest BCUT2D eigenvalue weighted by molar-refractivity contribution is 1.25. The third kappa shape index (κ3) is 4.29. The van der Waals surface area contributed by atoms with E-state index >= 15 is 0 Å². The average molecular weight is 332 g/mol. The fraction of sp³-hybridized carbons (Fsp3) is 0.176. The van der Waals surface area contributed by atoms with Gasteiger partial charge >= 0.3 is 0 Å². The molecule has 5 heteroatoms. The molecule has 0 aliphatic rings. The maximum absolute atomic E-state index is 5.93. The second-order valence-electron chi connectivity index (χ2n) is 5.04. The molecule has 2 rings (SSSR count). The molecule has 3 nitrogen and oxygen atoms in total. The first kappa shape index (κ1) is 16.5. The van der Waals surface area contributed by atoms with Gasteiger partial charge in [0.05, 0.1) is 6.34 Å². The van der Waals surface area contributed by atoms with Crippen LogP contribution in [-0.4, -0.2) is 18.5 Å². The van der Waals surface area contributed by atoms with E-state index in [2.05, 4.69) is 29.4 Å². The van der Waals surface area contributed by atoms with Gasteiger partial charge in [0.15, 0.2) is 0 Å². The van der Waals surface area contributed by atoms with E-state index in [4.69, 9.17) is 23.8 Å². The Hall–Kier alpha value is -1.91. The Bertz CT molecular complexity index is 713. The van der Waals surface area contributed by atoms with Gasteiger partial charge in [0, 0.05) is 23.4 Å². The summed E-state index contributed by atoms with van der Waals surface area (Å²) < 4.78 is 0. The van der Waals surface area contributed by atoms with Crippen LogP contribution >= 0.6 is 23.8 Å². The third-order valence-electron chi connectivity index (χ3n) is 3.26. The van der Waals surface area contributed by atoms with Crippen molar-refractivity contribution < 1.29 is 0 Å². The Morgan fingerprint density at radius 1 is 1.23 bits per heavy atom. The molecule has 0 atom stereocenters. The molecule has 0 radical (unpaired) electrons. The molecule has 0 heterocycles. The van der Waals surface area contributed by atoms with Crippen LogP contribution in [0.25, 0.3) is 0 Å². The molecule has 0 aliphatic carbocycles. The lowest BCUT2D eigenvalue weighted by atomic mass is 10.2. The van der Waals surface area contributed by atoms with Gasteiger partial charge in [-0.3, -0.25) is 0 Å². The molecule has 22 heavy (non-hydrogen) atoms. The molecular weight excluding hydrogens is 314 g/mol. The van der Waals surface area contributed by atoms with Gasteiger partial charge in [0.25, 0.3) is 0 Å². The van der Waals surface area contributed by atoms with Crippen molar-refractivity contribution in [2.45, 2.75) is 13.8 Å². The van der Waals surface area contributed by atoms with Crippen LogP contribution in [-0.2, 0) is 0 Å². The van der Waals surface area contributed by atoms with Crippen LogP contribution in [0, 0.1) is 13.8 Å². The summed E-state index contributed by atoms with van der Waals surface area (Å²) in [5.74, 6) is 0. The van der Waals surface area contributed by atoms with Crippen LogP contribution in [0.5, 0.6) is 0 Å². The Morgan fingerprint density at radius 3 is 2.68 bits per heavy atom. The average Bonchev–Trinajstić information content (AvgIpc) is 2.48. The van der Waals surface area contributed by atoms with Crippen LogP contribution in [0.2, 0.25) is 5.02 Å². The first-order valence-electron chi connectivity index (χ1n) is 6.87. The molecular formula is C17H18ClN3S. The van der Waals surface area contributed by atoms with Gasteiger partial charge in [-0.2, -0.15) is 0 Å². The molecule has 0 unspecified atom stereocenters. The summed E-state index contributed by atoms with van der Waals surface area (Å²) in [4.78, 5) is 6.15. The second-order valence-corrected chi connectivity index (χ2v) is 5.84. The predicted octanol–water partition coefficient (Wildman–Crippen LogP) is 4.82. The number of anilines is 2. The van der Waals surface area contributed by atoms with Gasteiger partial charge in [-0.1, -0.05) is 23.7 Å². The second kappa shape index (κ2) is 7.38. The lowest BCUT2D eigenvalue weighted by Crippen LogP contribution is -2.23. The summed E-state index contributed by atoms with van der Waals surface area (Å²) in [6.07, 6.45) is 1.60. The smallest absolute Gasteiger partial charge is 0.201 e. The van der Waals surface area contributed by atoms with E-state index in [-0.39, 0.29) is 0 Å². The summed E-state index contributed by atoms with van der Waals surface area (Å²) in [6.45, 7) is 4.04. The highest BCUT2D eigenvalue weighted by molar-refractivity contribution is 7.80. The van der Waals surface area contributed by atoms with Crippen molar-refractivity contribution in [1.82, 2.24) is 0 Å². The van der Waals surface area contributed by atoms with Gasteiger partial charge in [0.1, 0.15) is 0 Å². The fourth-order valence-electron chi connectivity index (χ4n) is 1.98. The van der Waals surface area contributed by atoms with Crippen molar-refractivity contribution in [3.8, 4) is 0 Å². The summed E-state index contributed by atoms with van der Waals surface area (Å²) in [6, 6.07) is 13.8. The van der Waals surface area contributed by atoms with Crippen molar-refractivity contribution in [3.63, 3.8) is 0 Å². The normalized spacial score (nSPS) is 10.7. The van der Waals surface area contributed by atoms with Crippen molar-refractivity contribution in [1.29, 1.82) is 0 Å². The summed E-state index contributed by atoms with van der Waals surface area (Å²) in [7, 11) is 1.90. The largest absolute Gasteiger partial charge is 0.346 e. The van der Waals surface area contributed by atoms with Gasteiger partial charge in [-0.15, -0.1) is 0 Å². The zero-order chi connectivity index (χ0) is 16.1. The van der Waals surface area contributed by atoms with Gasteiger partial charge in [-0.25, -0.2) is 4.99 Å². The van der Waals surface area contributed by atoms with Gasteiger partial charge in [-0.05, 0) is 67.5 Å². The third-order valence-corrected chi connectivity index (χ3v) is 3.87. The van der Waals surface area contributed by atoms with Gasteiger partial charge in [0.2, 0.25) is 5.11 Å². The molecule has 0 bridgehead atoms. The van der Waals surface area contributed by atoms with E-state index in [0.29, 0.717) is 5.11 Å². The summed E-state index contributed by atoms with van der Waals surface area (Å²) >= 11 is 11.3. The van der Waals surface area contributed by atoms with E-state index in [9.17, 15) is 0 Å². The van der Waals surface area contributed by atoms with E-state index in [0.717, 1.165) is 22.0 Å². The first-order valence-corrected chi connectivity index (χ1v) is 7.65. The number of aryl methyl sites for hydroxylation is 2. The molecule has 0 spiro atoms. The van der Waals surface area contributed by atoms with E-state index < -0.39 is 0 Å². The minimum absolute atomic E-state index is 0.490. The molecule has 0 saturated carbocycles. The monoisotopic (exact) mass is 331 g/mol. The SMILES string of the molecule is Cc1cccc(N(C)C(=S)N=CNc2ccc(Cl)cc2C)c1. The molecule has 1 N–H and O–H groups in total. The van der Waals surface area contributed by atoms with Crippen LogP contribution in [0.4, 0.5) is 11.4 Å². The first-order chi connectivity index (χ1) is 10.5. The predicted molar refractivity (Wildman–Crippen MR) is 100 cm³/mol. The van der Waals surface area contributed by atoms with E-state index in [1.54, 1.807) is 6.34 Å². The highest BCUT2D eigenvalue weighted by Crippen LogP contribution is 2.19. The van der Waals surface area contributed by atoms with Crippen molar-refractivity contribution in [2.24, 2.45) is 4.99 Å². The van der Waals surface area contributed by atoms with Crippen LogP contribution < -0.4 is 10.2 Å². The minimum atomic E-state index is 0.490. The maximum atomic E-state index is 5.93. The van der Waals surface area contributed by atoms with Crippen molar-refractivity contribution >= 4 is 46.6 Å². The van der Waals surface area contributed by atoms with Crippen LogP contribution in [0.1, 0.15) is 11.1 Å². The highest BCUT2D eigenvalue weighted by atomic mass is 35.5. The molecule has 0 amide bonds. The number of benzene rings is 2. The molecule has 0 fully saturated rings. The molecule has 0 aromatic heterocycles. The number of halogens is 1. The Kier molecular flexibility index (Phi) is 5.52. The number of aliphatic imine (C=N–C) groups is 1. The number of hydrogen-bond donors (Lipinski definition) is 1. The summed E-state index contributed by atoms with van der Waals surface area (Å²) in [5, 5.41) is 4.33. The quantitative estimate of drug-likeness (QED) is 0.496. The van der Waals surface area contributed by atoms with Crippen LogP contribution in [0.3, 0.4) is 0 Å². The Labute approximate surface area is 141 Å². The molecule has 0 aliphatic heterocycles. The number of rotatable bonds is 3. The summed E-state index contributed by atoms with van der Waals surface area (Å²) in [5.41, 5.74) is 4.21. The lowest BCUT2D eigenvalue weighted by Gasteiger charge is -2.17. The number of nitrogens with zero attached hydrogens (tertiary/aromatic N) is 2. The zero-order valence-electron chi connectivity index (χ0n) is 12.8. The molecule has 2 aromatic carbocycles. The number of thiocarbonyl (C=S) groups is 1. The topological polar surface area (TPSA) is 27.6 Å².